The van der Waals surface area contributed by atoms with Gasteiger partial charge in [-0.25, -0.2) is 9.97 Å². The molecule has 0 amide bonds. The van der Waals surface area contributed by atoms with Crippen LogP contribution in [0, 0.1) is 17.2 Å². The molecule has 8 heteroatoms. The van der Waals surface area contributed by atoms with Crippen LogP contribution in [0.5, 0.6) is 0 Å². The van der Waals surface area contributed by atoms with Gasteiger partial charge in [-0.2, -0.15) is 10.4 Å². The maximum absolute atomic E-state index is 9.97. The fourth-order valence-corrected chi connectivity index (χ4v) is 3.48. The summed E-state index contributed by atoms with van der Waals surface area (Å²) in [5.41, 5.74) is 2.71. The molecule has 3 N–H and O–H groups in total. The molecule has 0 saturated heterocycles. The second-order valence-corrected chi connectivity index (χ2v) is 6.45. The topological polar surface area (TPSA) is 115 Å². The maximum atomic E-state index is 9.97. The van der Waals surface area contributed by atoms with Crippen molar-refractivity contribution in [3.05, 3.63) is 24.3 Å². The zero-order valence-corrected chi connectivity index (χ0v) is 13.9. The highest BCUT2D eigenvalue weighted by Gasteiger charge is 2.25. The van der Waals surface area contributed by atoms with Crippen LogP contribution in [0.25, 0.3) is 22.3 Å². The van der Waals surface area contributed by atoms with E-state index in [2.05, 4.69) is 31.4 Å². The average Bonchev–Trinajstić information content (AvgIpc) is 3.30. The molecule has 3 aromatic heterocycles. The first-order chi connectivity index (χ1) is 12.2. The molecule has 0 spiro atoms. The van der Waals surface area contributed by atoms with Gasteiger partial charge in [0.1, 0.15) is 29.6 Å². The van der Waals surface area contributed by atoms with E-state index < -0.39 is 0 Å². The van der Waals surface area contributed by atoms with Gasteiger partial charge in [-0.1, -0.05) is 6.42 Å². The standard InChI is InChI=1S/C17H19N7O/c1-24-14(6-18)12(8-22-24)13-5-11-16(20-9-21-17(11)23-13)19-7-10-3-2-4-15(10)25/h5,8-10,15,25H,2-4,7H2,1H3,(H2,19,20,21,23). The number of nitrogens with zero attached hydrogens (tertiary/aromatic N) is 5. The molecule has 0 bridgehead atoms. The largest absolute Gasteiger partial charge is 0.393 e. The molecular weight excluding hydrogens is 318 g/mol. The lowest BCUT2D eigenvalue weighted by Crippen LogP contribution is -2.22. The number of aliphatic hydroxyl groups excluding tert-OH is 1. The van der Waals surface area contributed by atoms with Crippen LogP contribution in [0.4, 0.5) is 5.82 Å². The van der Waals surface area contributed by atoms with Crippen molar-refractivity contribution < 1.29 is 5.11 Å². The van der Waals surface area contributed by atoms with Gasteiger partial charge in [0, 0.05) is 19.5 Å². The molecule has 1 aliphatic carbocycles. The number of hydrogen-bond donors (Lipinski definition) is 3. The Labute approximate surface area is 144 Å². The van der Waals surface area contributed by atoms with Gasteiger partial charge in [-0.3, -0.25) is 4.68 Å². The van der Waals surface area contributed by atoms with Crippen molar-refractivity contribution in [1.82, 2.24) is 24.7 Å². The zero-order chi connectivity index (χ0) is 17.4. The number of fused-ring (bicyclic) bond motifs is 1. The van der Waals surface area contributed by atoms with Gasteiger partial charge in [0.25, 0.3) is 0 Å². The van der Waals surface area contributed by atoms with Gasteiger partial charge in [0.15, 0.2) is 0 Å². The molecule has 128 valence electrons. The Hall–Kier alpha value is -2.92. The van der Waals surface area contributed by atoms with E-state index in [1.165, 1.54) is 6.33 Å². The van der Waals surface area contributed by atoms with Crippen LogP contribution in [-0.4, -0.2) is 42.5 Å². The summed E-state index contributed by atoms with van der Waals surface area (Å²) < 4.78 is 1.55. The van der Waals surface area contributed by atoms with Crippen molar-refractivity contribution in [3.63, 3.8) is 0 Å². The third kappa shape index (κ3) is 2.72. The fourth-order valence-electron chi connectivity index (χ4n) is 3.48. The second-order valence-electron chi connectivity index (χ2n) is 6.45. The van der Waals surface area contributed by atoms with E-state index in [0.29, 0.717) is 17.9 Å². The quantitative estimate of drug-likeness (QED) is 0.668. The number of nitriles is 1. The third-order valence-corrected chi connectivity index (χ3v) is 4.91. The Morgan fingerprint density at radius 2 is 2.32 bits per heavy atom. The molecule has 0 aliphatic heterocycles. The summed E-state index contributed by atoms with van der Waals surface area (Å²) in [5.74, 6) is 0.987. The SMILES string of the molecule is Cn1ncc(-c2cc3c(NCC4CCCC4O)ncnc3[nH]2)c1C#N. The molecule has 1 fully saturated rings. The predicted octanol–water partition coefficient (Wildman–Crippen LogP) is 1.80. The predicted molar refractivity (Wildman–Crippen MR) is 92.6 cm³/mol. The zero-order valence-electron chi connectivity index (χ0n) is 13.9. The van der Waals surface area contributed by atoms with Crippen molar-refractivity contribution >= 4 is 16.9 Å². The van der Waals surface area contributed by atoms with E-state index in [1.807, 2.05) is 6.07 Å². The molecule has 2 atom stereocenters. The Balaban J connectivity index is 1.65. The van der Waals surface area contributed by atoms with E-state index in [9.17, 15) is 10.4 Å². The number of hydrogen-bond acceptors (Lipinski definition) is 6. The number of aryl methyl sites for hydroxylation is 1. The Bertz CT molecular complexity index is 952. The lowest BCUT2D eigenvalue weighted by Gasteiger charge is -2.15. The minimum atomic E-state index is -0.236. The lowest BCUT2D eigenvalue weighted by molar-refractivity contribution is 0.138. The number of aliphatic hydroxyl groups is 1. The van der Waals surface area contributed by atoms with Crippen LogP contribution >= 0.6 is 0 Å². The summed E-state index contributed by atoms with van der Waals surface area (Å²) in [6, 6.07) is 4.10. The molecule has 3 aromatic rings. The minimum Gasteiger partial charge on any atom is -0.393 e. The molecule has 3 heterocycles. The Morgan fingerprint density at radius 3 is 3.08 bits per heavy atom. The first-order valence-corrected chi connectivity index (χ1v) is 8.35. The molecule has 0 radical (unpaired) electrons. The van der Waals surface area contributed by atoms with Gasteiger partial charge in [-0.15, -0.1) is 0 Å². The van der Waals surface area contributed by atoms with E-state index in [1.54, 1.807) is 17.9 Å². The smallest absolute Gasteiger partial charge is 0.147 e. The monoisotopic (exact) mass is 337 g/mol. The minimum absolute atomic E-state index is 0.236. The van der Waals surface area contributed by atoms with Crippen LogP contribution in [0.15, 0.2) is 18.6 Å². The van der Waals surface area contributed by atoms with Crippen molar-refractivity contribution in [1.29, 1.82) is 5.26 Å². The summed E-state index contributed by atoms with van der Waals surface area (Å²) >= 11 is 0. The van der Waals surface area contributed by atoms with E-state index in [-0.39, 0.29) is 12.0 Å². The van der Waals surface area contributed by atoms with E-state index in [0.717, 1.165) is 41.7 Å². The number of aromatic amines is 1. The van der Waals surface area contributed by atoms with Gasteiger partial charge >= 0.3 is 0 Å². The van der Waals surface area contributed by atoms with Crippen molar-refractivity contribution in [2.24, 2.45) is 13.0 Å². The first kappa shape index (κ1) is 15.6. The van der Waals surface area contributed by atoms with Crippen LogP contribution in [0.1, 0.15) is 25.0 Å². The first-order valence-electron chi connectivity index (χ1n) is 8.35. The van der Waals surface area contributed by atoms with E-state index in [4.69, 9.17) is 0 Å². The average molecular weight is 337 g/mol. The Kier molecular flexibility index (Phi) is 3.86. The fraction of sp³-hybridized carbons (Fsp3) is 0.412. The lowest BCUT2D eigenvalue weighted by atomic mass is 10.1. The summed E-state index contributed by atoms with van der Waals surface area (Å²) in [7, 11) is 1.74. The molecule has 0 aromatic carbocycles. The second kappa shape index (κ2) is 6.18. The normalized spacial score (nSPS) is 20.0. The summed E-state index contributed by atoms with van der Waals surface area (Å²) in [6.07, 6.45) is 5.90. The van der Waals surface area contributed by atoms with Crippen molar-refractivity contribution in [2.45, 2.75) is 25.4 Å². The molecular formula is C17H19N7O. The van der Waals surface area contributed by atoms with Crippen LogP contribution < -0.4 is 5.32 Å². The molecule has 8 nitrogen and oxygen atoms in total. The molecule has 4 rings (SSSR count). The molecule has 1 saturated carbocycles. The van der Waals surface area contributed by atoms with Crippen molar-refractivity contribution in [2.75, 3.05) is 11.9 Å². The van der Waals surface area contributed by atoms with Gasteiger partial charge in [0.05, 0.1) is 28.9 Å². The maximum Gasteiger partial charge on any atom is 0.147 e. The highest BCUT2D eigenvalue weighted by atomic mass is 16.3. The molecule has 25 heavy (non-hydrogen) atoms. The molecule has 2 unspecified atom stereocenters. The number of anilines is 1. The van der Waals surface area contributed by atoms with Gasteiger partial charge < -0.3 is 15.4 Å². The number of rotatable bonds is 4. The Morgan fingerprint density at radius 1 is 1.44 bits per heavy atom. The number of aromatic nitrogens is 5. The highest BCUT2D eigenvalue weighted by Crippen LogP contribution is 2.30. The summed E-state index contributed by atoms with van der Waals surface area (Å²) in [4.78, 5) is 11.8. The van der Waals surface area contributed by atoms with Crippen LogP contribution in [0.3, 0.4) is 0 Å². The third-order valence-electron chi connectivity index (χ3n) is 4.91. The summed E-state index contributed by atoms with van der Waals surface area (Å²) in [5, 5.41) is 27.6. The van der Waals surface area contributed by atoms with Crippen LogP contribution in [0.2, 0.25) is 0 Å². The molecule has 1 aliphatic rings. The van der Waals surface area contributed by atoms with Crippen molar-refractivity contribution in [3.8, 4) is 17.3 Å². The van der Waals surface area contributed by atoms with E-state index >= 15 is 0 Å². The number of nitrogens with one attached hydrogen (secondary N) is 2. The van der Waals surface area contributed by atoms with Gasteiger partial charge in [0.2, 0.25) is 0 Å². The van der Waals surface area contributed by atoms with Gasteiger partial charge in [-0.05, 0) is 18.9 Å². The number of H-pyrrole nitrogens is 1. The van der Waals surface area contributed by atoms with Crippen LogP contribution in [-0.2, 0) is 7.05 Å². The summed E-state index contributed by atoms with van der Waals surface area (Å²) in [6.45, 7) is 0.685. The highest BCUT2D eigenvalue weighted by molar-refractivity contribution is 5.91.